The van der Waals surface area contributed by atoms with Gasteiger partial charge in [-0.25, -0.2) is 4.79 Å². The van der Waals surface area contributed by atoms with Crippen molar-refractivity contribution >= 4 is 33.7 Å². The van der Waals surface area contributed by atoms with Crippen LogP contribution in [-0.4, -0.2) is 64.7 Å². The summed E-state index contributed by atoms with van der Waals surface area (Å²) in [6, 6.07) is 2.77. The van der Waals surface area contributed by atoms with Crippen LogP contribution in [0, 0.1) is 10.1 Å². The maximum Gasteiger partial charge on any atom is 0.338 e. The van der Waals surface area contributed by atoms with Gasteiger partial charge in [0.2, 0.25) is 10.8 Å². The lowest BCUT2D eigenvalue weighted by Crippen LogP contribution is -2.51. The van der Waals surface area contributed by atoms with Gasteiger partial charge in [0, 0.05) is 25.2 Å². The molecule has 1 fully saturated rings. The van der Waals surface area contributed by atoms with Gasteiger partial charge >= 0.3 is 11.7 Å². The van der Waals surface area contributed by atoms with Gasteiger partial charge in [-0.3, -0.25) is 19.7 Å². The van der Waals surface area contributed by atoms with E-state index in [2.05, 4.69) is 5.32 Å². The molecule has 0 radical (unpaired) electrons. The number of nitro groups is 1. The van der Waals surface area contributed by atoms with E-state index in [1.54, 1.807) is 0 Å². The molecule has 1 aromatic rings. The molecule has 2 amide bonds. The van der Waals surface area contributed by atoms with Gasteiger partial charge in [0.15, 0.2) is 6.61 Å². The summed E-state index contributed by atoms with van der Waals surface area (Å²) in [5.41, 5.74) is -1.03. The minimum Gasteiger partial charge on any atom is -0.610 e. The molecule has 1 aliphatic heterocycles. The van der Waals surface area contributed by atoms with Crippen molar-refractivity contribution in [3.8, 4) is 0 Å². The normalized spacial score (nSPS) is 16.4. The van der Waals surface area contributed by atoms with Crippen LogP contribution in [0.25, 0.3) is 0 Å². The molecule has 1 saturated heterocycles. The summed E-state index contributed by atoms with van der Waals surface area (Å²) < 4.78 is 27.9. The first kappa shape index (κ1) is 19.5. The van der Waals surface area contributed by atoms with Crippen LogP contribution in [0.1, 0.15) is 10.4 Å². The maximum atomic E-state index is 12.0. The van der Waals surface area contributed by atoms with Gasteiger partial charge in [-0.2, -0.15) is 0 Å². The number of piperazine rings is 1. The second-order valence-corrected chi connectivity index (χ2v) is 7.44. The lowest BCUT2D eigenvalue weighted by molar-refractivity contribution is -0.387. The quantitative estimate of drug-likeness (QED) is 0.302. The van der Waals surface area contributed by atoms with Crippen molar-refractivity contribution in [3.05, 3.63) is 33.9 Å². The van der Waals surface area contributed by atoms with Crippen LogP contribution in [0.15, 0.2) is 23.1 Å². The SMILES string of the molecule is C[S+](=O)([O-])c1ccc(C(=O)OCC(=O)N2CCNC(=O)C2)cc1[N+](=O)[O-]. The Labute approximate surface area is 148 Å². The summed E-state index contributed by atoms with van der Waals surface area (Å²) in [6.07, 6.45) is 0.806. The molecule has 140 valence electrons. The molecule has 1 N–H and O–H groups in total. The number of hydrogen-bond acceptors (Lipinski definition) is 8. The standard InChI is InChI=1S/C14H15N3O8S/c1-26(23,24)11-3-2-9(6-10(11)17(21)22)14(20)25-8-13(19)16-5-4-15-12(18)7-16/h2-3,6H,4-5,7-8H2,1H3,(H-,15,18,23,24). The van der Waals surface area contributed by atoms with Gasteiger partial charge in [0.25, 0.3) is 5.91 Å². The molecule has 0 saturated carbocycles. The molecule has 1 heterocycles. The Morgan fingerprint density at radius 3 is 2.69 bits per heavy atom. The van der Waals surface area contributed by atoms with Gasteiger partial charge in [0.1, 0.15) is 6.26 Å². The summed E-state index contributed by atoms with van der Waals surface area (Å²) in [6.45, 7) is -0.229. The number of ether oxygens (including phenoxy) is 1. The van der Waals surface area contributed by atoms with Crippen LogP contribution >= 0.6 is 0 Å². The molecular formula is C14H15N3O8S. The summed E-state index contributed by atoms with van der Waals surface area (Å²) >= 11 is 0. The van der Waals surface area contributed by atoms with E-state index < -0.39 is 44.2 Å². The predicted molar refractivity (Wildman–Crippen MR) is 86.0 cm³/mol. The highest BCUT2D eigenvalue weighted by molar-refractivity contribution is 7.97. The summed E-state index contributed by atoms with van der Waals surface area (Å²) in [5, 5.41) is 13.6. The molecule has 0 aromatic heterocycles. The minimum atomic E-state index is -3.86. The number of benzene rings is 1. The Morgan fingerprint density at radius 2 is 2.12 bits per heavy atom. The Hall–Kier alpha value is -2.86. The van der Waals surface area contributed by atoms with E-state index in [4.69, 9.17) is 4.74 Å². The van der Waals surface area contributed by atoms with Crippen LogP contribution in [0.5, 0.6) is 0 Å². The van der Waals surface area contributed by atoms with Crippen molar-refractivity contribution in [2.75, 3.05) is 32.5 Å². The highest BCUT2D eigenvalue weighted by atomic mass is 32.3. The van der Waals surface area contributed by atoms with Crippen LogP contribution < -0.4 is 5.32 Å². The summed E-state index contributed by atoms with van der Waals surface area (Å²) in [5.74, 6) is -1.94. The number of hydrogen-bond donors (Lipinski definition) is 1. The third-order valence-corrected chi connectivity index (χ3v) is 4.65. The summed E-state index contributed by atoms with van der Waals surface area (Å²) in [7, 11) is -3.86. The average molecular weight is 385 g/mol. The minimum absolute atomic E-state index is 0.148. The number of amides is 2. The molecule has 0 spiro atoms. The molecule has 0 bridgehead atoms. The van der Waals surface area contributed by atoms with E-state index in [9.17, 15) is 33.3 Å². The highest BCUT2D eigenvalue weighted by Gasteiger charge is 2.29. The van der Waals surface area contributed by atoms with Crippen molar-refractivity contribution in [3.63, 3.8) is 0 Å². The Kier molecular flexibility index (Phi) is 5.67. The van der Waals surface area contributed by atoms with Crippen molar-refractivity contribution in [1.29, 1.82) is 0 Å². The smallest absolute Gasteiger partial charge is 0.338 e. The van der Waals surface area contributed by atoms with Gasteiger partial charge in [-0.05, 0) is 6.07 Å². The van der Waals surface area contributed by atoms with Crippen LogP contribution in [-0.2, 0) is 28.7 Å². The number of nitrogens with zero attached hydrogens (tertiary/aromatic N) is 2. The molecule has 1 unspecified atom stereocenters. The van der Waals surface area contributed by atoms with Crippen molar-refractivity contribution < 1.29 is 32.8 Å². The maximum absolute atomic E-state index is 12.0. The predicted octanol–water partition coefficient (Wildman–Crippen LogP) is -0.671. The van der Waals surface area contributed by atoms with E-state index in [1.165, 1.54) is 4.90 Å². The number of nitrogens with one attached hydrogen (secondary N) is 1. The Balaban J connectivity index is 2.09. The van der Waals surface area contributed by atoms with Gasteiger partial charge in [-0.1, -0.05) is 0 Å². The topological polar surface area (TPSA) is 159 Å². The molecule has 12 heteroatoms. The van der Waals surface area contributed by atoms with Crippen LogP contribution in [0.2, 0.25) is 0 Å². The van der Waals surface area contributed by atoms with Gasteiger partial charge in [-0.15, -0.1) is 4.21 Å². The van der Waals surface area contributed by atoms with Crippen LogP contribution in [0.4, 0.5) is 5.69 Å². The number of esters is 1. The number of nitro benzene ring substituents is 1. The van der Waals surface area contributed by atoms with Crippen molar-refractivity contribution in [1.82, 2.24) is 10.2 Å². The Morgan fingerprint density at radius 1 is 1.42 bits per heavy atom. The number of sulfone groups is 1. The summed E-state index contributed by atoms with van der Waals surface area (Å²) in [4.78, 5) is 45.9. The zero-order valence-electron chi connectivity index (χ0n) is 13.6. The lowest BCUT2D eigenvalue weighted by Gasteiger charge is -2.26. The average Bonchev–Trinajstić information content (AvgIpc) is 2.58. The van der Waals surface area contributed by atoms with Crippen molar-refractivity contribution in [2.24, 2.45) is 0 Å². The largest absolute Gasteiger partial charge is 0.610 e. The monoisotopic (exact) mass is 385 g/mol. The van der Waals surface area contributed by atoms with Gasteiger partial charge in [0.05, 0.1) is 27.2 Å². The first-order valence-corrected chi connectivity index (χ1v) is 9.19. The van der Waals surface area contributed by atoms with E-state index in [0.717, 1.165) is 24.5 Å². The third-order valence-electron chi connectivity index (χ3n) is 3.51. The molecular weight excluding hydrogens is 370 g/mol. The van der Waals surface area contributed by atoms with E-state index in [1.807, 2.05) is 0 Å². The molecule has 2 rings (SSSR count). The zero-order valence-corrected chi connectivity index (χ0v) is 14.4. The molecule has 0 aliphatic carbocycles. The van der Waals surface area contributed by atoms with Crippen molar-refractivity contribution in [2.45, 2.75) is 4.90 Å². The highest BCUT2D eigenvalue weighted by Crippen LogP contribution is 2.27. The fourth-order valence-electron chi connectivity index (χ4n) is 2.25. The molecule has 26 heavy (non-hydrogen) atoms. The zero-order chi connectivity index (χ0) is 19.5. The second kappa shape index (κ2) is 7.58. The fourth-order valence-corrected chi connectivity index (χ4v) is 3.08. The lowest BCUT2D eigenvalue weighted by atomic mass is 10.2. The van der Waals surface area contributed by atoms with E-state index in [-0.39, 0.29) is 31.1 Å². The molecule has 1 aromatic carbocycles. The molecule has 1 aliphatic rings. The first-order chi connectivity index (χ1) is 12.1. The van der Waals surface area contributed by atoms with E-state index in [0.29, 0.717) is 0 Å². The van der Waals surface area contributed by atoms with Crippen LogP contribution in [0.3, 0.4) is 0 Å². The van der Waals surface area contributed by atoms with Gasteiger partial charge < -0.3 is 19.5 Å². The number of carbonyl (C=O) groups excluding carboxylic acids is 3. The fraction of sp³-hybridized carbons (Fsp3) is 0.357. The second-order valence-electron chi connectivity index (χ2n) is 5.45. The molecule has 1 atom stereocenters. The first-order valence-electron chi connectivity index (χ1n) is 7.29. The third kappa shape index (κ3) is 4.61. The number of carbonyl (C=O) groups is 3. The Bertz CT molecular complexity index is 818. The number of rotatable bonds is 5. The molecule has 11 nitrogen and oxygen atoms in total. The van der Waals surface area contributed by atoms with E-state index >= 15 is 0 Å².